The minimum atomic E-state index is 0.0211. The molecule has 0 atom stereocenters. The summed E-state index contributed by atoms with van der Waals surface area (Å²) in [5.74, 6) is 0.0211. The Bertz CT molecular complexity index is 1210. The Morgan fingerprint density at radius 2 is 1.78 bits per heavy atom. The van der Waals surface area contributed by atoms with Crippen molar-refractivity contribution < 1.29 is 4.79 Å². The second-order valence-electron chi connectivity index (χ2n) is 8.24. The number of fused-ring (bicyclic) bond motifs is 1. The van der Waals surface area contributed by atoms with Crippen molar-refractivity contribution in [2.24, 2.45) is 0 Å². The average molecular weight is 446 g/mol. The maximum absolute atomic E-state index is 12.8. The van der Waals surface area contributed by atoms with Gasteiger partial charge >= 0.3 is 0 Å². The van der Waals surface area contributed by atoms with Crippen LogP contribution in [0.5, 0.6) is 0 Å². The van der Waals surface area contributed by atoms with Crippen molar-refractivity contribution in [1.82, 2.24) is 19.6 Å². The number of carbonyl (C=O) groups excluding carboxylic acids is 1. The van der Waals surface area contributed by atoms with E-state index in [2.05, 4.69) is 52.5 Å². The molecule has 1 aliphatic heterocycles. The number of thiazole rings is 1. The molecule has 0 spiro atoms. The molecule has 1 amide bonds. The number of aromatic nitrogens is 2. The van der Waals surface area contributed by atoms with Crippen molar-refractivity contribution in [3.63, 3.8) is 0 Å². The van der Waals surface area contributed by atoms with E-state index < -0.39 is 0 Å². The van der Waals surface area contributed by atoms with Gasteiger partial charge in [-0.25, -0.2) is 4.98 Å². The van der Waals surface area contributed by atoms with Crippen molar-refractivity contribution in [2.45, 2.75) is 13.0 Å². The fourth-order valence-electron chi connectivity index (χ4n) is 4.14. The molecular formula is C25H27N5OS. The van der Waals surface area contributed by atoms with Crippen LogP contribution in [0.15, 0.2) is 66.2 Å². The molecule has 1 fully saturated rings. The Hall–Kier alpha value is -3.16. The van der Waals surface area contributed by atoms with E-state index in [0.717, 1.165) is 53.7 Å². The number of benzene rings is 2. The molecule has 2 aromatic heterocycles. The number of likely N-dealkylation sites (N-methyl/N-ethyl adjacent to an activating group) is 1. The number of nitrogens with one attached hydrogen (secondary N) is 1. The highest BCUT2D eigenvalue weighted by atomic mass is 32.1. The first-order valence-corrected chi connectivity index (χ1v) is 11.8. The van der Waals surface area contributed by atoms with Crippen LogP contribution in [-0.2, 0) is 17.8 Å². The van der Waals surface area contributed by atoms with E-state index in [1.807, 2.05) is 40.2 Å². The van der Waals surface area contributed by atoms with Crippen molar-refractivity contribution in [3.05, 3.63) is 77.4 Å². The molecule has 164 valence electrons. The largest absolute Gasteiger partial charge is 0.369 e. The molecule has 1 aliphatic rings. The lowest BCUT2D eigenvalue weighted by molar-refractivity contribution is -0.120. The first-order chi connectivity index (χ1) is 15.7. The molecule has 0 aliphatic carbocycles. The van der Waals surface area contributed by atoms with Crippen LogP contribution in [0.2, 0.25) is 0 Å². The summed E-state index contributed by atoms with van der Waals surface area (Å²) in [5.41, 5.74) is 5.36. The molecule has 0 bridgehead atoms. The smallest absolute Gasteiger partial charge is 0.226 e. The Morgan fingerprint density at radius 1 is 1.03 bits per heavy atom. The number of nitrogens with zero attached hydrogens (tertiary/aromatic N) is 4. The molecule has 2 aromatic carbocycles. The second-order valence-corrected chi connectivity index (χ2v) is 9.08. The predicted molar refractivity (Wildman–Crippen MR) is 130 cm³/mol. The summed E-state index contributed by atoms with van der Waals surface area (Å²) in [6, 6.07) is 18.5. The van der Waals surface area contributed by atoms with Crippen LogP contribution >= 0.6 is 11.3 Å². The van der Waals surface area contributed by atoms with Gasteiger partial charge < -0.3 is 15.1 Å². The first-order valence-electron chi connectivity index (χ1n) is 11.0. The molecule has 3 heterocycles. The monoisotopic (exact) mass is 445 g/mol. The third kappa shape index (κ3) is 4.40. The Labute approximate surface area is 192 Å². The Balaban J connectivity index is 1.25. The number of rotatable bonds is 6. The van der Waals surface area contributed by atoms with Gasteiger partial charge in [0.15, 0.2) is 4.96 Å². The summed E-state index contributed by atoms with van der Waals surface area (Å²) in [6.07, 6.45) is 2.35. The van der Waals surface area contributed by atoms with Crippen molar-refractivity contribution in [2.75, 3.05) is 38.1 Å². The van der Waals surface area contributed by atoms with E-state index in [-0.39, 0.29) is 5.91 Å². The van der Waals surface area contributed by atoms with Gasteiger partial charge in [0.2, 0.25) is 5.91 Å². The normalized spacial score (nSPS) is 14.7. The van der Waals surface area contributed by atoms with E-state index >= 15 is 0 Å². The van der Waals surface area contributed by atoms with Gasteiger partial charge in [-0.15, -0.1) is 11.3 Å². The van der Waals surface area contributed by atoms with Gasteiger partial charge in [0.1, 0.15) is 0 Å². The number of carbonyl (C=O) groups is 1. The molecule has 1 N–H and O–H groups in total. The number of amides is 1. The number of hydrogen-bond donors (Lipinski definition) is 1. The van der Waals surface area contributed by atoms with Crippen LogP contribution in [0.25, 0.3) is 16.2 Å². The van der Waals surface area contributed by atoms with E-state index in [9.17, 15) is 4.79 Å². The quantitative estimate of drug-likeness (QED) is 0.492. The molecule has 7 heteroatoms. The summed E-state index contributed by atoms with van der Waals surface area (Å²) in [7, 11) is 2.16. The highest BCUT2D eigenvalue weighted by Crippen LogP contribution is 2.24. The van der Waals surface area contributed by atoms with Gasteiger partial charge in [0, 0.05) is 61.2 Å². The molecule has 4 aromatic rings. The Morgan fingerprint density at radius 3 is 2.59 bits per heavy atom. The van der Waals surface area contributed by atoms with Crippen molar-refractivity contribution >= 4 is 27.9 Å². The van der Waals surface area contributed by atoms with Crippen LogP contribution in [0.1, 0.15) is 11.3 Å². The fraction of sp³-hybridized carbons (Fsp3) is 0.280. The van der Waals surface area contributed by atoms with E-state index in [1.165, 1.54) is 5.69 Å². The standard InChI is InChI=1S/C25H27N5OS/c1-28-11-13-29(14-12-28)23-10-6-5-9-20(23)16-26-24(31)15-21-18-32-25-27-22(17-30(21)25)19-7-3-2-4-8-19/h2-10,17-18H,11-16H2,1H3,(H,26,31). The maximum Gasteiger partial charge on any atom is 0.226 e. The molecule has 1 saturated heterocycles. The number of piperazine rings is 1. The molecule has 0 saturated carbocycles. The van der Waals surface area contributed by atoms with Gasteiger partial charge in [-0.05, 0) is 18.7 Å². The first kappa shape index (κ1) is 20.7. The van der Waals surface area contributed by atoms with Gasteiger partial charge in [-0.2, -0.15) is 0 Å². The average Bonchev–Trinajstić information content (AvgIpc) is 3.41. The zero-order valence-electron chi connectivity index (χ0n) is 18.2. The number of anilines is 1. The summed E-state index contributed by atoms with van der Waals surface area (Å²) < 4.78 is 2.03. The summed E-state index contributed by atoms with van der Waals surface area (Å²) in [5, 5.41) is 5.15. The van der Waals surface area contributed by atoms with Crippen molar-refractivity contribution in [1.29, 1.82) is 0 Å². The molecule has 0 unspecified atom stereocenters. The van der Waals surface area contributed by atoms with E-state index in [0.29, 0.717) is 13.0 Å². The summed E-state index contributed by atoms with van der Waals surface area (Å²) >= 11 is 1.57. The Kier molecular flexibility index (Phi) is 5.92. The zero-order valence-corrected chi connectivity index (χ0v) is 19.0. The van der Waals surface area contributed by atoms with Crippen molar-refractivity contribution in [3.8, 4) is 11.3 Å². The summed E-state index contributed by atoms with van der Waals surface area (Å²) in [4.78, 5) is 23.2. The van der Waals surface area contributed by atoms with Crippen LogP contribution in [0.4, 0.5) is 5.69 Å². The third-order valence-corrected chi connectivity index (χ3v) is 6.89. The summed E-state index contributed by atoms with van der Waals surface area (Å²) in [6.45, 7) is 4.68. The highest BCUT2D eigenvalue weighted by molar-refractivity contribution is 7.15. The topological polar surface area (TPSA) is 52.9 Å². The molecule has 32 heavy (non-hydrogen) atoms. The lowest BCUT2D eigenvalue weighted by Crippen LogP contribution is -2.45. The van der Waals surface area contributed by atoms with Gasteiger partial charge in [0.05, 0.1) is 12.1 Å². The molecule has 6 nitrogen and oxygen atoms in total. The zero-order chi connectivity index (χ0) is 21.9. The third-order valence-electron chi connectivity index (χ3n) is 6.01. The number of hydrogen-bond acceptors (Lipinski definition) is 5. The number of para-hydroxylation sites is 1. The molecule has 5 rings (SSSR count). The maximum atomic E-state index is 12.8. The van der Waals surface area contributed by atoms with E-state index in [4.69, 9.17) is 4.98 Å². The van der Waals surface area contributed by atoms with Gasteiger partial charge in [-0.3, -0.25) is 9.20 Å². The van der Waals surface area contributed by atoms with Crippen LogP contribution in [-0.4, -0.2) is 53.4 Å². The van der Waals surface area contributed by atoms with Gasteiger partial charge in [-0.1, -0.05) is 48.5 Å². The molecular weight excluding hydrogens is 418 g/mol. The SMILES string of the molecule is CN1CCN(c2ccccc2CNC(=O)Cc2csc3nc(-c4ccccc4)cn23)CC1. The second kappa shape index (κ2) is 9.14. The van der Waals surface area contributed by atoms with E-state index in [1.54, 1.807) is 11.3 Å². The lowest BCUT2D eigenvalue weighted by atomic mass is 10.1. The fourth-order valence-corrected chi connectivity index (χ4v) is 5.01. The molecule has 0 radical (unpaired) electrons. The van der Waals surface area contributed by atoms with Gasteiger partial charge in [0.25, 0.3) is 0 Å². The highest BCUT2D eigenvalue weighted by Gasteiger charge is 2.17. The predicted octanol–water partition coefficient (Wildman–Crippen LogP) is 3.67. The minimum absolute atomic E-state index is 0.0211. The van der Waals surface area contributed by atoms with Crippen LogP contribution in [0, 0.1) is 0 Å². The van der Waals surface area contributed by atoms with Crippen LogP contribution < -0.4 is 10.2 Å². The minimum Gasteiger partial charge on any atom is -0.369 e. The van der Waals surface area contributed by atoms with Crippen LogP contribution in [0.3, 0.4) is 0 Å². The number of imidazole rings is 1. The lowest BCUT2D eigenvalue weighted by Gasteiger charge is -2.35.